The lowest BCUT2D eigenvalue weighted by Gasteiger charge is -2.31. The molecule has 190 valence electrons. The number of halogens is 3. The van der Waals surface area contributed by atoms with Crippen LogP contribution >= 0.6 is 0 Å². The van der Waals surface area contributed by atoms with Gasteiger partial charge in [0, 0.05) is 36.7 Å². The van der Waals surface area contributed by atoms with Crippen molar-refractivity contribution in [2.24, 2.45) is 11.0 Å². The second kappa shape index (κ2) is 11.2. The number of oxime groups is 1. The van der Waals surface area contributed by atoms with Crippen molar-refractivity contribution >= 4 is 5.71 Å². The fourth-order valence-electron chi connectivity index (χ4n) is 3.18. The van der Waals surface area contributed by atoms with Crippen LogP contribution in [0.2, 0.25) is 0 Å². The number of likely N-dealkylation sites (tertiary alicyclic amines) is 1. The Labute approximate surface area is 238 Å². The zero-order chi connectivity index (χ0) is 44.6. The maximum Gasteiger partial charge on any atom is 0.416 e. The summed E-state index contributed by atoms with van der Waals surface area (Å²) in [5.74, 6) is -7.16. The number of hydrogen-bond acceptors (Lipinski definition) is 3. The third-order valence-corrected chi connectivity index (χ3v) is 5.03. The predicted molar refractivity (Wildman–Crippen MR) is 135 cm³/mol. The minimum Gasteiger partial charge on any atom is -0.391 e. The number of nitrogens with zero attached hydrogens (tertiary/aromatic N) is 2. The van der Waals surface area contributed by atoms with Crippen molar-refractivity contribution in [3.63, 3.8) is 0 Å². The summed E-state index contributed by atoms with van der Waals surface area (Å²) in [7, 11) is 0. The second-order valence-corrected chi connectivity index (χ2v) is 7.56. The van der Waals surface area contributed by atoms with Crippen LogP contribution in [0.3, 0.4) is 0 Å². The molecule has 1 aliphatic carbocycles. The lowest BCUT2D eigenvalue weighted by atomic mass is 9.78. The lowest BCUT2D eigenvalue weighted by molar-refractivity contribution is -0.138. The molecule has 0 spiro atoms. The van der Waals surface area contributed by atoms with Crippen LogP contribution in [0.25, 0.3) is 0 Å². The zero-order valence-corrected chi connectivity index (χ0v) is 18.7. The molecule has 1 saturated heterocycles. The Morgan fingerprint density at radius 3 is 2.66 bits per heavy atom. The van der Waals surface area contributed by atoms with E-state index in [4.69, 9.17) is 35.0 Å². The monoisotopic (exact) mass is 508 g/mol. The first-order valence-corrected chi connectivity index (χ1v) is 10.3. The summed E-state index contributed by atoms with van der Waals surface area (Å²) in [5, 5.41) is 3.75. The molecular formula is C29H37F3N2O. The molecule has 0 bridgehead atoms. The summed E-state index contributed by atoms with van der Waals surface area (Å²) in [6.45, 7) is -11.6. The fraction of sp³-hybridized carbons (Fsp3) is 0.552. The first kappa shape index (κ1) is 9.85. The molecule has 0 unspecified atom stereocenters. The van der Waals surface area contributed by atoms with Gasteiger partial charge in [-0.2, -0.15) is 13.2 Å². The molecule has 2 fully saturated rings. The number of benzene rings is 2. The Balaban J connectivity index is 1.77. The van der Waals surface area contributed by atoms with Gasteiger partial charge in [0.1, 0.15) is 6.61 Å². The Kier molecular flexibility index (Phi) is 3.14. The van der Waals surface area contributed by atoms with Crippen molar-refractivity contribution in [1.82, 2.24) is 4.90 Å². The van der Waals surface area contributed by atoms with Crippen LogP contribution in [0.1, 0.15) is 122 Å². The third kappa shape index (κ3) is 6.46. The van der Waals surface area contributed by atoms with Gasteiger partial charge >= 0.3 is 6.18 Å². The summed E-state index contributed by atoms with van der Waals surface area (Å²) in [6, 6.07) is 4.41. The van der Waals surface area contributed by atoms with Gasteiger partial charge in [-0.25, -0.2) is 0 Å². The minimum atomic E-state index is -5.46. The molecule has 1 aliphatic heterocycles. The van der Waals surface area contributed by atoms with Gasteiger partial charge in [-0.15, -0.1) is 0 Å². The predicted octanol–water partition coefficient (Wildman–Crippen LogP) is 7.71. The van der Waals surface area contributed by atoms with E-state index < -0.39 is 111 Å². The average Bonchev–Trinajstić information content (AvgIpc) is 3.04. The second-order valence-electron chi connectivity index (χ2n) is 7.56. The smallest absolute Gasteiger partial charge is 0.391 e. The molecule has 3 nitrogen and oxygen atoms in total. The maximum atomic E-state index is 14.6. The van der Waals surface area contributed by atoms with E-state index in [1.807, 2.05) is 0 Å². The molecular weight excluding hydrogens is 449 g/mol. The summed E-state index contributed by atoms with van der Waals surface area (Å²) in [5.41, 5.74) is -5.71. The maximum absolute atomic E-state index is 14.6. The van der Waals surface area contributed by atoms with Crippen molar-refractivity contribution in [1.29, 1.82) is 0 Å². The topological polar surface area (TPSA) is 24.8 Å². The largest absolute Gasteiger partial charge is 0.416 e. The van der Waals surface area contributed by atoms with Crippen molar-refractivity contribution in [2.45, 2.75) is 84.1 Å². The molecule has 2 aliphatic rings. The summed E-state index contributed by atoms with van der Waals surface area (Å²) >= 11 is 0. The van der Waals surface area contributed by atoms with Crippen LogP contribution in [-0.2, 0) is 30.5 Å². The molecule has 4 rings (SSSR count). The van der Waals surface area contributed by atoms with Crippen molar-refractivity contribution in [3.8, 4) is 0 Å². The van der Waals surface area contributed by atoms with Gasteiger partial charge in [0.25, 0.3) is 0 Å². The van der Waals surface area contributed by atoms with E-state index in [9.17, 15) is 13.2 Å². The Morgan fingerprint density at radius 2 is 1.94 bits per heavy atom. The first-order valence-electron chi connectivity index (χ1n) is 21.4. The molecule has 35 heavy (non-hydrogen) atoms. The molecule has 0 amide bonds. The van der Waals surface area contributed by atoms with Crippen molar-refractivity contribution < 1.29 is 48.2 Å². The van der Waals surface area contributed by atoms with Gasteiger partial charge < -0.3 is 4.84 Å². The van der Waals surface area contributed by atoms with Crippen LogP contribution in [0.15, 0.2) is 41.6 Å². The molecule has 6 heteroatoms. The van der Waals surface area contributed by atoms with Gasteiger partial charge in [-0.05, 0) is 97.2 Å². The molecule has 0 N–H and O–H groups in total. The number of hydrogen-bond donors (Lipinski definition) is 0. The van der Waals surface area contributed by atoms with Gasteiger partial charge in [-0.3, -0.25) is 4.90 Å². The summed E-state index contributed by atoms with van der Waals surface area (Å²) < 4.78 is 225. The Bertz CT molecular complexity index is 1900. The molecule has 0 aromatic heterocycles. The van der Waals surface area contributed by atoms with Crippen molar-refractivity contribution in [3.05, 3.63) is 69.8 Å². The molecule has 1 heterocycles. The molecule has 2 aromatic rings. The van der Waals surface area contributed by atoms with Crippen LogP contribution < -0.4 is 0 Å². The molecule has 0 atom stereocenters. The van der Waals surface area contributed by atoms with Crippen LogP contribution in [0.5, 0.6) is 0 Å². The Morgan fingerprint density at radius 1 is 1.17 bits per heavy atom. The van der Waals surface area contributed by atoms with Gasteiger partial charge in [0.05, 0.1) is 11.3 Å². The summed E-state index contributed by atoms with van der Waals surface area (Å²) in [6.07, 6.45) is -26.2. The van der Waals surface area contributed by atoms with E-state index in [2.05, 4.69) is 5.16 Å². The standard InChI is InChI=1S/C29H37F3N2O/c1-4-23-17-25(11-12-26(23)18-34-14-5-15-34)21(3)33-35-19-22-8-13-27(28(16-22)29(30,31)32)24-9-6-20(2)7-10-24/h8,11-13,16-17,20,24H,4-7,9-10,14-15,18-19H2,1-3H3/b33-21+/i1D3,4D2,5D,6D2,7D2,9D2,10D2,14D2,15D2,18D2,20D,24D. The SMILES string of the molecule is [2H]C1C([2H])([2H])N(C([2H])([2H])c2ccc(/C(C)=N/OCc3ccc(C4([2H])C([2H])([2H])C([2H])([2H])C([2H])(C)C([2H])([2H])C4([2H])[2H])c(C(F)(F)F)c3)cc2C([2H])([2H])C([2H])([2H])[2H])C1([2H])[2H]. The molecule has 1 saturated carbocycles. The normalized spacial score (nSPS) is 45.5. The first-order chi connectivity index (χ1) is 25.1. The molecule has 0 radical (unpaired) electrons. The third-order valence-electron chi connectivity index (χ3n) is 5.03. The van der Waals surface area contributed by atoms with E-state index in [1.165, 1.54) is 6.92 Å². The fourth-order valence-corrected chi connectivity index (χ4v) is 3.18. The number of aryl methyl sites for hydroxylation is 1. The highest BCUT2D eigenvalue weighted by atomic mass is 19.4. The zero-order valence-electron chi connectivity index (χ0n) is 40.7. The average molecular weight is 509 g/mol. The van der Waals surface area contributed by atoms with Gasteiger partial charge in [-0.1, -0.05) is 55.9 Å². The molecule has 2 aromatic carbocycles. The highest BCUT2D eigenvalue weighted by molar-refractivity contribution is 5.98. The van der Waals surface area contributed by atoms with Crippen molar-refractivity contribution in [2.75, 3.05) is 13.0 Å². The minimum absolute atomic E-state index is 0.0427. The van der Waals surface area contributed by atoms with E-state index in [-0.39, 0.29) is 21.7 Å². The van der Waals surface area contributed by atoms with Gasteiger partial charge in [0.15, 0.2) is 0 Å². The van der Waals surface area contributed by atoms with E-state index in [0.29, 0.717) is 19.1 Å². The van der Waals surface area contributed by atoms with E-state index in [1.54, 1.807) is 0 Å². The summed E-state index contributed by atoms with van der Waals surface area (Å²) in [4.78, 5) is 5.23. The van der Waals surface area contributed by atoms with Gasteiger partial charge in [0.2, 0.25) is 0 Å². The van der Waals surface area contributed by atoms with Crippen LogP contribution in [0.4, 0.5) is 13.2 Å². The number of alkyl halides is 3. The lowest BCUT2D eigenvalue weighted by Crippen LogP contribution is -2.36. The van der Waals surface area contributed by atoms with E-state index >= 15 is 0 Å². The van der Waals surface area contributed by atoms with Crippen LogP contribution in [-0.4, -0.2) is 23.6 Å². The highest BCUT2D eigenvalue weighted by Crippen LogP contribution is 2.42. The van der Waals surface area contributed by atoms with E-state index in [0.717, 1.165) is 24.3 Å². The quantitative estimate of drug-likeness (QED) is 0.269. The highest BCUT2D eigenvalue weighted by Gasteiger charge is 2.36. The number of rotatable bonds is 8. The van der Waals surface area contributed by atoms with Crippen LogP contribution in [0, 0.1) is 5.89 Å². The Hall–Kier alpha value is -2.34.